The molecule has 2 N–H and O–H groups in total. The number of carbonyl (C=O) groups is 1. The zero-order valence-corrected chi connectivity index (χ0v) is 15.9. The number of halogens is 4. The molecule has 3 aromatic rings. The van der Waals surface area contributed by atoms with Crippen LogP contribution in [-0.4, -0.2) is 39.1 Å². The third kappa shape index (κ3) is 4.11. The lowest BCUT2D eigenvalue weighted by atomic mass is 9.93. The predicted molar refractivity (Wildman–Crippen MR) is 102 cm³/mol. The molecule has 1 aromatic carbocycles. The number of aliphatic hydroxyl groups excluding tert-OH is 1. The first-order valence-electron chi connectivity index (χ1n) is 9.35. The second-order valence-electron chi connectivity index (χ2n) is 7.03. The van der Waals surface area contributed by atoms with E-state index in [0.29, 0.717) is 41.5 Å². The highest BCUT2D eigenvalue weighted by atomic mass is 19.4. The fourth-order valence-electron chi connectivity index (χ4n) is 3.61. The van der Waals surface area contributed by atoms with Crippen LogP contribution < -0.4 is 5.32 Å². The van der Waals surface area contributed by atoms with Gasteiger partial charge < -0.3 is 10.4 Å². The van der Waals surface area contributed by atoms with E-state index in [1.165, 1.54) is 18.6 Å². The molecule has 0 saturated carbocycles. The van der Waals surface area contributed by atoms with Gasteiger partial charge in [0.2, 0.25) is 0 Å². The molecule has 1 aliphatic rings. The summed E-state index contributed by atoms with van der Waals surface area (Å²) in [5.41, 5.74) is 0.940. The molecule has 0 aliphatic carbocycles. The first kappa shape index (κ1) is 20.9. The molecule has 0 radical (unpaired) electrons. The summed E-state index contributed by atoms with van der Waals surface area (Å²) in [5, 5.41) is 12.6. The van der Waals surface area contributed by atoms with E-state index in [-0.39, 0.29) is 17.2 Å². The van der Waals surface area contributed by atoms with Crippen molar-refractivity contribution in [1.29, 1.82) is 0 Å². The lowest BCUT2D eigenvalue weighted by molar-refractivity contribution is -0.137. The number of alkyl halides is 3. The van der Waals surface area contributed by atoms with Gasteiger partial charge in [0.15, 0.2) is 0 Å². The van der Waals surface area contributed by atoms with Crippen molar-refractivity contribution in [3.8, 4) is 11.4 Å². The second kappa shape index (κ2) is 8.03. The topological polar surface area (TPSA) is 88.0 Å². The molecular formula is C21H16F4N4O2. The normalized spacial score (nSPS) is 14.7. The van der Waals surface area contributed by atoms with Crippen LogP contribution in [0.3, 0.4) is 0 Å². The zero-order valence-electron chi connectivity index (χ0n) is 15.9. The van der Waals surface area contributed by atoms with Gasteiger partial charge in [-0.2, -0.15) is 13.2 Å². The largest absolute Gasteiger partial charge is 0.416 e. The molecular weight excluding hydrogens is 416 g/mol. The van der Waals surface area contributed by atoms with Crippen LogP contribution in [0.5, 0.6) is 0 Å². The highest BCUT2D eigenvalue weighted by Gasteiger charge is 2.32. The second-order valence-corrected chi connectivity index (χ2v) is 7.03. The van der Waals surface area contributed by atoms with Crippen LogP contribution in [0.25, 0.3) is 11.4 Å². The Labute approximate surface area is 174 Å². The Balaban J connectivity index is 1.78. The molecule has 1 atom stereocenters. The van der Waals surface area contributed by atoms with Crippen LogP contribution >= 0.6 is 0 Å². The molecule has 160 valence electrons. The van der Waals surface area contributed by atoms with Gasteiger partial charge in [-0.15, -0.1) is 0 Å². The van der Waals surface area contributed by atoms with Gasteiger partial charge in [-0.3, -0.25) is 9.78 Å². The van der Waals surface area contributed by atoms with Gasteiger partial charge in [-0.25, -0.2) is 14.4 Å². The first-order chi connectivity index (χ1) is 14.8. The summed E-state index contributed by atoms with van der Waals surface area (Å²) >= 11 is 0. The van der Waals surface area contributed by atoms with Gasteiger partial charge in [-0.1, -0.05) is 0 Å². The lowest BCUT2D eigenvalue weighted by Crippen LogP contribution is -2.32. The number of hydrogen-bond donors (Lipinski definition) is 2. The molecule has 4 rings (SSSR count). The number of benzene rings is 1. The van der Waals surface area contributed by atoms with E-state index >= 15 is 0 Å². The summed E-state index contributed by atoms with van der Waals surface area (Å²) in [5.74, 6) is -2.31. The Hall–Kier alpha value is -3.40. The van der Waals surface area contributed by atoms with Gasteiger partial charge in [-0.05, 0) is 47.9 Å². The molecule has 1 aliphatic heterocycles. The number of hydrogen-bond acceptors (Lipinski definition) is 5. The Morgan fingerprint density at radius 3 is 2.68 bits per heavy atom. The van der Waals surface area contributed by atoms with Crippen LogP contribution in [0, 0.1) is 5.82 Å². The number of fused-ring (bicyclic) bond motifs is 1. The van der Waals surface area contributed by atoms with Crippen molar-refractivity contribution in [2.24, 2.45) is 0 Å². The van der Waals surface area contributed by atoms with Gasteiger partial charge in [0.05, 0.1) is 29.3 Å². The molecule has 0 bridgehead atoms. The number of nitrogens with zero attached hydrogens (tertiary/aromatic N) is 3. The van der Waals surface area contributed by atoms with Crippen molar-refractivity contribution >= 4 is 5.91 Å². The minimum atomic E-state index is -4.73. The number of amides is 1. The van der Waals surface area contributed by atoms with Crippen molar-refractivity contribution < 1.29 is 27.5 Å². The molecule has 31 heavy (non-hydrogen) atoms. The molecule has 2 aromatic heterocycles. The summed E-state index contributed by atoms with van der Waals surface area (Å²) in [6, 6.07) is 5.20. The number of rotatable bonds is 4. The Morgan fingerprint density at radius 1 is 1.13 bits per heavy atom. The monoisotopic (exact) mass is 432 g/mol. The van der Waals surface area contributed by atoms with E-state index in [2.05, 4.69) is 20.3 Å². The maximum absolute atomic E-state index is 13.9. The van der Waals surface area contributed by atoms with Crippen molar-refractivity contribution in [3.05, 3.63) is 76.6 Å². The highest BCUT2D eigenvalue weighted by Crippen LogP contribution is 2.34. The molecule has 1 amide bonds. The molecule has 0 saturated heterocycles. The SMILES string of the molecule is O=C1NCCc2c1ccnc2-c1cc([C@H](CO)c2cc(F)cc(C(F)(F)F)c2)ncn1. The van der Waals surface area contributed by atoms with Gasteiger partial charge in [0.25, 0.3) is 5.91 Å². The predicted octanol–water partition coefficient (Wildman–Crippen LogP) is 3.11. The van der Waals surface area contributed by atoms with E-state index in [1.807, 2.05) is 0 Å². The van der Waals surface area contributed by atoms with Gasteiger partial charge in [0, 0.05) is 24.2 Å². The summed E-state index contributed by atoms with van der Waals surface area (Å²) in [6.07, 6.45) is -1.54. The maximum atomic E-state index is 13.9. The van der Waals surface area contributed by atoms with Crippen molar-refractivity contribution in [2.75, 3.05) is 13.2 Å². The van der Waals surface area contributed by atoms with E-state index in [4.69, 9.17) is 0 Å². The average molecular weight is 432 g/mol. The molecule has 10 heteroatoms. The van der Waals surface area contributed by atoms with Gasteiger partial charge >= 0.3 is 6.18 Å². The Bertz CT molecular complexity index is 1150. The third-order valence-corrected chi connectivity index (χ3v) is 5.08. The number of carbonyl (C=O) groups excluding carboxylic acids is 1. The fourth-order valence-corrected chi connectivity index (χ4v) is 3.61. The van der Waals surface area contributed by atoms with Crippen LogP contribution in [0.15, 0.2) is 42.9 Å². The summed E-state index contributed by atoms with van der Waals surface area (Å²) in [7, 11) is 0. The Morgan fingerprint density at radius 2 is 1.94 bits per heavy atom. The number of pyridine rings is 1. The summed E-state index contributed by atoms with van der Waals surface area (Å²) in [4.78, 5) is 24.7. The average Bonchev–Trinajstić information content (AvgIpc) is 2.73. The van der Waals surface area contributed by atoms with Crippen LogP contribution in [0.4, 0.5) is 17.6 Å². The maximum Gasteiger partial charge on any atom is 0.416 e. The van der Waals surface area contributed by atoms with Crippen LogP contribution in [0.2, 0.25) is 0 Å². The molecule has 0 fully saturated rings. The first-order valence-corrected chi connectivity index (χ1v) is 9.35. The van der Waals surface area contributed by atoms with E-state index in [0.717, 1.165) is 12.1 Å². The smallest absolute Gasteiger partial charge is 0.395 e. The van der Waals surface area contributed by atoms with E-state index in [1.54, 1.807) is 6.07 Å². The number of aliphatic hydroxyl groups is 1. The minimum absolute atomic E-state index is 0.0677. The summed E-state index contributed by atoms with van der Waals surface area (Å²) < 4.78 is 53.2. The van der Waals surface area contributed by atoms with Crippen molar-refractivity contribution in [1.82, 2.24) is 20.3 Å². The molecule has 0 spiro atoms. The van der Waals surface area contributed by atoms with E-state index in [9.17, 15) is 27.5 Å². The fraction of sp³-hybridized carbons (Fsp3) is 0.238. The van der Waals surface area contributed by atoms with Crippen molar-refractivity contribution in [2.45, 2.75) is 18.5 Å². The van der Waals surface area contributed by atoms with E-state index < -0.39 is 30.1 Å². The molecule has 0 unspecified atom stereocenters. The third-order valence-electron chi connectivity index (χ3n) is 5.08. The lowest BCUT2D eigenvalue weighted by Gasteiger charge is -2.20. The van der Waals surface area contributed by atoms with Crippen molar-refractivity contribution in [3.63, 3.8) is 0 Å². The molecule has 3 heterocycles. The summed E-state index contributed by atoms with van der Waals surface area (Å²) in [6.45, 7) is -0.162. The highest BCUT2D eigenvalue weighted by molar-refractivity contribution is 5.98. The van der Waals surface area contributed by atoms with Crippen LogP contribution in [0.1, 0.15) is 38.7 Å². The quantitative estimate of drug-likeness (QED) is 0.619. The van der Waals surface area contributed by atoms with Gasteiger partial charge in [0.1, 0.15) is 12.1 Å². The van der Waals surface area contributed by atoms with Crippen LogP contribution in [-0.2, 0) is 12.6 Å². The molecule has 6 nitrogen and oxygen atoms in total. The minimum Gasteiger partial charge on any atom is -0.395 e. The number of nitrogens with one attached hydrogen (secondary N) is 1. The number of aromatic nitrogens is 3. The Kier molecular flexibility index (Phi) is 5.40. The zero-order chi connectivity index (χ0) is 22.2. The standard InChI is InChI=1S/C21H16F4N4O2/c22-13-6-11(5-12(7-13)21(23,24)25)16(9-30)17-8-18(29-10-28-17)19-14-1-4-27-20(31)15(14)2-3-26-19/h2-3,5-8,10,16,30H,1,4,9H2,(H,27,31)/t16-/m1/s1.